The van der Waals surface area contributed by atoms with Crippen LogP contribution in [0.5, 0.6) is 0 Å². The number of aryl methyl sites for hydroxylation is 1. The highest BCUT2D eigenvalue weighted by Gasteiger charge is 2.33. The molecule has 10 heteroatoms. The summed E-state index contributed by atoms with van der Waals surface area (Å²) >= 11 is 9.80. The first-order valence-electron chi connectivity index (χ1n) is 12.6. The number of nitrogens with zero attached hydrogens (tertiary/aromatic N) is 2. The van der Waals surface area contributed by atoms with Crippen molar-refractivity contribution in [1.82, 2.24) is 10.2 Å². The zero-order valence-corrected chi connectivity index (χ0v) is 25.6. The van der Waals surface area contributed by atoms with Crippen LogP contribution in [0.4, 0.5) is 5.69 Å². The molecule has 0 aliphatic rings. The second kappa shape index (κ2) is 13.5. The van der Waals surface area contributed by atoms with E-state index < -0.39 is 28.5 Å². The Kier molecular flexibility index (Phi) is 10.6. The SMILES string of the molecule is CC[C@@H](C)NC(=O)[C@@H](C)N(Cc1cccc(Br)c1)C(=O)CN(c1ccc(C)c(Cl)c1)S(=O)(=O)c1ccccc1. The van der Waals surface area contributed by atoms with Gasteiger partial charge in [0.25, 0.3) is 10.0 Å². The van der Waals surface area contributed by atoms with Gasteiger partial charge in [-0.2, -0.15) is 0 Å². The molecule has 0 heterocycles. The van der Waals surface area contributed by atoms with Crippen LogP contribution in [-0.4, -0.2) is 43.8 Å². The number of anilines is 1. The molecule has 0 spiro atoms. The summed E-state index contributed by atoms with van der Waals surface area (Å²) in [6.07, 6.45) is 0.731. The Balaban J connectivity index is 2.04. The van der Waals surface area contributed by atoms with Crippen LogP contribution < -0.4 is 9.62 Å². The summed E-state index contributed by atoms with van der Waals surface area (Å²) in [7, 11) is -4.14. The second-order valence-corrected chi connectivity index (χ2v) is 12.6. The lowest BCUT2D eigenvalue weighted by molar-refractivity contribution is -0.139. The molecule has 0 radical (unpaired) electrons. The molecule has 0 bridgehead atoms. The van der Waals surface area contributed by atoms with Gasteiger partial charge in [-0.25, -0.2) is 8.42 Å². The molecule has 2 atom stereocenters. The first-order valence-corrected chi connectivity index (χ1v) is 15.2. The van der Waals surface area contributed by atoms with Gasteiger partial charge >= 0.3 is 0 Å². The monoisotopic (exact) mass is 633 g/mol. The molecule has 3 rings (SSSR count). The van der Waals surface area contributed by atoms with E-state index in [-0.39, 0.29) is 29.1 Å². The van der Waals surface area contributed by atoms with Gasteiger partial charge in [0.2, 0.25) is 11.8 Å². The van der Waals surface area contributed by atoms with Crippen LogP contribution in [0, 0.1) is 6.92 Å². The molecule has 1 N–H and O–H groups in total. The number of halogens is 2. The fourth-order valence-corrected chi connectivity index (χ4v) is 5.91. The Morgan fingerprint density at radius 2 is 1.69 bits per heavy atom. The van der Waals surface area contributed by atoms with Crippen LogP contribution in [0.3, 0.4) is 0 Å². The Hall–Kier alpha value is -2.88. The minimum Gasteiger partial charge on any atom is -0.352 e. The topological polar surface area (TPSA) is 86.8 Å². The zero-order chi connectivity index (χ0) is 28.7. The number of benzene rings is 3. The van der Waals surface area contributed by atoms with E-state index >= 15 is 0 Å². The van der Waals surface area contributed by atoms with Crippen LogP contribution in [-0.2, 0) is 26.2 Å². The summed E-state index contributed by atoms with van der Waals surface area (Å²) in [4.78, 5) is 28.5. The Labute approximate surface area is 244 Å². The first-order chi connectivity index (χ1) is 18.4. The van der Waals surface area contributed by atoms with Crippen molar-refractivity contribution in [1.29, 1.82) is 0 Å². The minimum atomic E-state index is -4.14. The molecule has 0 saturated heterocycles. The molecular weight excluding hydrogens is 602 g/mol. The molecule has 0 aliphatic heterocycles. The van der Waals surface area contributed by atoms with Gasteiger partial charge in [-0.15, -0.1) is 0 Å². The van der Waals surface area contributed by atoms with Crippen molar-refractivity contribution in [3.05, 3.63) is 93.4 Å². The maximum Gasteiger partial charge on any atom is 0.264 e. The fourth-order valence-electron chi connectivity index (χ4n) is 3.87. The standard InChI is InChI=1S/C29H33BrClN3O4S/c1-5-21(3)32-29(36)22(4)33(18-23-10-9-11-24(30)16-23)28(35)19-34(25-15-14-20(2)27(31)17-25)39(37,38)26-12-7-6-8-13-26/h6-17,21-22H,5,18-19H2,1-4H3,(H,32,36)/t21-,22-/m1/s1. The third-order valence-electron chi connectivity index (χ3n) is 6.46. The number of carbonyl (C=O) groups excluding carboxylic acids is 2. The summed E-state index contributed by atoms with van der Waals surface area (Å²) in [5.74, 6) is -0.846. The lowest BCUT2D eigenvalue weighted by atomic mass is 10.1. The van der Waals surface area contributed by atoms with Crippen LogP contribution in [0.2, 0.25) is 5.02 Å². The van der Waals surface area contributed by atoms with Gasteiger partial charge in [-0.05, 0) is 74.7 Å². The van der Waals surface area contributed by atoms with Crippen molar-refractivity contribution >= 4 is 55.1 Å². The highest BCUT2D eigenvalue weighted by atomic mass is 79.9. The van der Waals surface area contributed by atoms with Gasteiger partial charge in [-0.1, -0.05) is 70.9 Å². The van der Waals surface area contributed by atoms with Gasteiger partial charge in [0.1, 0.15) is 12.6 Å². The number of hydrogen-bond acceptors (Lipinski definition) is 4. The highest BCUT2D eigenvalue weighted by Crippen LogP contribution is 2.28. The summed E-state index contributed by atoms with van der Waals surface area (Å²) in [6, 6.07) is 19.2. The molecule has 0 aliphatic carbocycles. The number of nitrogens with one attached hydrogen (secondary N) is 1. The number of carbonyl (C=O) groups is 2. The molecule has 2 amide bonds. The molecule has 0 fully saturated rings. The Morgan fingerprint density at radius 3 is 2.31 bits per heavy atom. The van der Waals surface area contributed by atoms with Crippen molar-refractivity contribution in [3.63, 3.8) is 0 Å². The van der Waals surface area contributed by atoms with E-state index in [1.165, 1.54) is 23.1 Å². The average Bonchev–Trinajstić information content (AvgIpc) is 2.91. The molecule has 208 valence electrons. The lowest BCUT2D eigenvalue weighted by Crippen LogP contribution is -2.52. The smallest absolute Gasteiger partial charge is 0.264 e. The predicted octanol–water partition coefficient (Wildman–Crippen LogP) is 5.94. The minimum absolute atomic E-state index is 0.0376. The lowest BCUT2D eigenvalue weighted by Gasteiger charge is -2.32. The normalized spacial score (nSPS) is 12.9. The zero-order valence-electron chi connectivity index (χ0n) is 22.4. The van der Waals surface area contributed by atoms with Crippen molar-refractivity contribution in [3.8, 4) is 0 Å². The van der Waals surface area contributed by atoms with E-state index in [0.29, 0.717) is 5.02 Å². The first kappa shape index (κ1) is 30.7. The van der Waals surface area contributed by atoms with Crippen molar-refractivity contribution < 1.29 is 18.0 Å². The summed E-state index contributed by atoms with van der Waals surface area (Å²) in [5, 5.41) is 3.30. The van der Waals surface area contributed by atoms with Crippen LogP contribution >= 0.6 is 27.5 Å². The summed E-state index contributed by atoms with van der Waals surface area (Å²) in [5.41, 5.74) is 1.81. The molecule has 0 saturated carbocycles. The van der Waals surface area contributed by atoms with E-state index in [0.717, 1.165) is 26.3 Å². The molecule has 0 unspecified atom stereocenters. The van der Waals surface area contributed by atoms with Crippen molar-refractivity contribution in [2.45, 2.75) is 57.6 Å². The Bertz CT molecular complexity index is 1420. The van der Waals surface area contributed by atoms with E-state index in [9.17, 15) is 18.0 Å². The van der Waals surface area contributed by atoms with E-state index in [4.69, 9.17) is 11.6 Å². The quantitative estimate of drug-likeness (QED) is 0.283. The highest BCUT2D eigenvalue weighted by molar-refractivity contribution is 9.10. The summed E-state index contributed by atoms with van der Waals surface area (Å²) < 4.78 is 29.5. The molecule has 3 aromatic carbocycles. The maximum atomic E-state index is 13.9. The largest absolute Gasteiger partial charge is 0.352 e. The molecule has 0 aromatic heterocycles. The average molecular weight is 635 g/mol. The van der Waals surface area contributed by atoms with Gasteiger partial charge in [0, 0.05) is 22.1 Å². The molecule has 7 nitrogen and oxygen atoms in total. The second-order valence-electron chi connectivity index (χ2n) is 9.40. The van der Waals surface area contributed by atoms with Crippen molar-refractivity contribution in [2.75, 3.05) is 10.8 Å². The Morgan fingerprint density at radius 1 is 1.00 bits per heavy atom. The third kappa shape index (κ3) is 7.84. The number of amides is 2. The number of sulfonamides is 1. The predicted molar refractivity (Wildman–Crippen MR) is 159 cm³/mol. The van der Waals surface area contributed by atoms with Crippen LogP contribution in [0.25, 0.3) is 0 Å². The van der Waals surface area contributed by atoms with Gasteiger partial charge < -0.3 is 10.2 Å². The van der Waals surface area contributed by atoms with Gasteiger partial charge in [0.15, 0.2) is 0 Å². The van der Waals surface area contributed by atoms with E-state index in [1.807, 2.05) is 45.0 Å². The maximum absolute atomic E-state index is 13.9. The fraction of sp³-hybridized carbons (Fsp3) is 0.310. The van der Waals surface area contributed by atoms with Crippen molar-refractivity contribution in [2.24, 2.45) is 0 Å². The number of rotatable bonds is 11. The molecule has 39 heavy (non-hydrogen) atoms. The van der Waals surface area contributed by atoms with Gasteiger partial charge in [0.05, 0.1) is 10.6 Å². The summed E-state index contributed by atoms with van der Waals surface area (Å²) in [6.45, 7) is 6.89. The van der Waals surface area contributed by atoms with Crippen LogP contribution in [0.15, 0.2) is 82.2 Å². The van der Waals surface area contributed by atoms with E-state index in [2.05, 4.69) is 21.2 Å². The van der Waals surface area contributed by atoms with Gasteiger partial charge in [-0.3, -0.25) is 13.9 Å². The third-order valence-corrected chi connectivity index (χ3v) is 9.15. The number of hydrogen-bond donors (Lipinski definition) is 1. The van der Waals surface area contributed by atoms with Crippen LogP contribution in [0.1, 0.15) is 38.3 Å². The molecular formula is C29H33BrClN3O4S. The van der Waals surface area contributed by atoms with E-state index in [1.54, 1.807) is 37.3 Å². The molecule has 3 aromatic rings.